The van der Waals surface area contributed by atoms with Crippen LogP contribution in [0.4, 0.5) is 5.69 Å². The Hall–Kier alpha value is -1.20. The number of benzene rings is 1. The molecule has 1 heterocycles. The minimum atomic E-state index is -0.173. The quantitative estimate of drug-likeness (QED) is 0.695. The molecule has 5 heteroatoms. The molecule has 3 N–H and O–H groups in total. The number of thioether (sulfide) groups is 1. The summed E-state index contributed by atoms with van der Waals surface area (Å²) in [6, 6.07) is 5.15. The smallest absolute Gasteiger partial charge is 0.242 e. The third-order valence-electron chi connectivity index (χ3n) is 2.73. The topological polar surface area (TPSA) is 61.4 Å². The lowest BCUT2D eigenvalue weighted by Crippen LogP contribution is -2.46. The number of aromatic hydroxyl groups is 1. The van der Waals surface area contributed by atoms with Crippen molar-refractivity contribution in [3.05, 3.63) is 23.8 Å². The Morgan fingerprint density at radius 3 is 3.12 bits per heavy atom. The largest absolute Gasteiger partial charge is 0.505 e. The van der Waals surface area contributed by atoms with Gasteiger partial charge in [-0.25, -0.2) is 0 Å². The van der Waals surface area contributed by atoms with Gasteiger partial charge in [-0.05, 0) is 18.6 Å². The SMILES string of the molecule is Cc1cccc(NC(=O)C2CSCCN2)c1O. The van der Waals surface area contributed by atoms with Gasteiger partial charge in [0, 0.05) is 18.1 Å². The number of rotatable bonds is 2. The summed E-state index contributed by atoms with van der Waals surface area (Å²) in [5, 5.41) is 15.7. The molecule has 0 aliphatic carbocycles. The monoisotopic (exact) mass is 252 g/mol. The Kier molecular flexibility index (Phi) is 3.91. The highest BCUT2D eigenvalue weighted by Crippen LogP contribution is 2.26. The van der Waals surface area contributed by atoms with Gasteiger partial charge in [0.25, 0.3) is 0 Å². The molecule has 1 aromatic carbocycles. The normalized spacial score (nSPS) is 19.9. The van der Waals surface area contributed by atoms with Crippen molar-refractivity contribution >= 4 is 23.4 Å². The summed E-state index contributed by atoms with van der Waals surface area (Å²) in [4.78, 5) is 11.9. The zero-order valence-electron chi connectivity index (χ0n) is 9.69. The number of para-hydroxylation sites is 1. The van der Waals surface area contributed by atoms with E-state index in [2.05, 4.69) is 10.6 Å². The summed E-state index contributed by atoms with van der Waals surface area (Å²) >= 11 is 1.76. The summed E-state index contributed by atoms with van der Waals surface area (Å²) in [6.07, 6.45) is 0. The second-order valence-corrected chi connectivity index (χ2v) is 5.19. The zero-order valence-corrected chi connectivity index (χ0v) is 10.5. The van der Waals surface area contributed by atoms with E-state index >= 15 is 0 Å². The Bertz CT molecular complexity index is 417. The van der Waals surface area contributed by atoms with E-state index in [9.17, 15) is 9.90 Å². The standard InChI is InChI=1S/C12H16N2O2S/c1-8-3-2-4-9(11(8)15)14-12(16)10-7-17-6-5-13-10/h2-4,10,13,15H,5-7H2,1H3,(H,14,16). The maximum absolute atomic E-state index is 11.9. The first-order valence-electron chi connectivity index (χ1n) is 5.59. The van der Waals surface area contributed by atoms with Crippen LogP contribution in [0.15, 0.2) is 18.2 Å². The summed E-state index contributed by atoms with van der Waals surface area (Å²) in [7, 11) is 0. The highest BCUT2D eigenvalue weighted by Gasteiger charge is 2.21. The molecule has 0 bridgehead atoms. The van der Waals surface area contributed by atoms with Crippen LogP contribution in [-0.2, 0) is 4.79 Å². The van der Waals surface area contributed by atoms with Crippen molar-refractivity contribution in [2.45, 2.75) is 13.0 Å². The van der Waals surface area contributed by atoms with Crippen molar-refractivity contribution in [1.82, 2.24) is 5.32 Å². The molecule has 17 heavy (non-hydrogen) atoms. The van der Waals surface area contributed by atoms with Crippen molar-refractivity contribution in [1.29, 1.82) is 0 Å². The summed E-state index contributed by atoms with van der Waals surface area (Å²) in [5.41, 5.74) is 1.24. The van der Waals surface area contributed by atoms with Crippen LogP contribution in [0.3, 0.4) is 0 Å². The molecule has 0 spiro atoms. The second kappa shape index (κ2) is 5.42. The van der Waals surface area contributed by atoms with E-state index in [1.165, 1.54) is 0 Å². The number of carbonyl (C=O) groups is 1. The van der Waals surface area contributed by atoms with Gasteiger partial charge in [-0.15, -0.1) is 0 Å². The number of phenolic OH excluding ortho intramolecular Hbond substituents is 1. The number of aryl methyl sites for hydroxylation is 1. The van der Waals surface area contributed by atoms with Crippen LogP contribution in [0.5, 0.6) is 5.75 Å². The molecule has 1 unspecified atom stereocenters. The first-order valence-corrected chi connectivity index (χ1v) is 6.74. The number of nitrogens with one attached hydrogen (secondary N) is 2. The molecular weight excluding hydrogens is 236 g/mol. The maximum atomic E-state index is 11.9. The van der Waals surface area contributed by atoms with Crippen LogP contribution in [0.2, 0.25) is 0 Å². The predicted octanol–water partition coefficient (Wildman–Crippen LogP) is 1.34. The highest BCUT2D eigenvalue weighted by molar-refractivity contribution is 7.99. The Morgan fingerprint density at radius 1 is 1.59 bits per heavy atom. The average Bonchev–Trinajstić information content (AvgIpc) is 2.36. The molecule has 1 aliphatic heterocycles. The van der Waals surface area contributed by atoms with Crippen molar-refractivity contribution in [2.75, 3.05) is 23.4 Å². The molecule has 1 fully saturated rings. The maximum Gasteiger partial charge on any atom is 0.242 e. The first-order chi connectivity index (χ1) is 8.18. The molecule has 1 aromatic rings. The highest BCUT2D eigenvalue weighted by atomic mass is 32.2. The fourth-order valence-electron chi connectivity index (χ4n) is 1.71. The van der Waals surface area contributed by atoms with Gasteiger partial charge < -0.3 is 15.7 Å². The van der Waals surface area contributed by atoms with Crippen LogP contribution < -0.4 is 10.6 Å². The van der Waals surface area contributed by atoms with Crippen LogP contribution in [0.25, 0.3) is 0 Å². The lowest BCUT2D eigenvalue weighted by atomic mass is 10.2. The van der Waals surface area contributed by atoms with E-state index in [4.69, 9.17) is 0 Å². The molecule has 2 rings (SSSR count). The average molecular weight is 252 g/mol. The molecule has 4 nitrogen and oxygen atoms in total. The van der Waals surface area contributed by atoms with Gasteiger partial charge in [0.05, 0.1) is 11.7 Å². The number of carbonyl (C=O) groups excluding carboxylic acids is 1. The molecule has 1 saturated heterocycles. The molecule has 0 radical (unpaired) electrons. The third kappa shape index (κ3) is 2.92. The minimum absolute atomic E-state index is 0.0851. The van der Waals surface area contributed by atoms with E-state index in [1.807, 2.05) is 6.07 Å². The number of anilines is 1. The number of hydrogen-bond donors (Lipinski definition) is 3. The summed E-state index contributed by atoms with van der Waals surface area (Å²) < 4.78 is 0. The lowest BCUT2D eigenvalue weighted by molar-refractivity contribution is -0.117. The fourth-order valence-corrected chi connectivity index (χ4v) is 2.65. The predicted molar refractivity (Wildman–Crippen MR) is 70.6 cm³/mol. The van der Waals surface area contributed by atoms with Crippen molar-refractivity contribution in [3.63, 3.8) is 0 Å². The Balaban J connectivity index is 2.04. The number of phenols is 1. The van der Waals surface area contributed by atoms with Gasteiger partial charge in [-0.2, -0.15) is 11.8 Å². The molecule has 92 valence electrons. The minimum Gasteiger partial charge on any atom is -0.505 e. The van der Waals surface area contributed by atoms with E-state index < -0.39 is 0 Å². The molecule has 1 amide bonds. The fraction of sp³-hybridized carbons (Fsp3) is 0.417. The van der Waals surface area contributed by atoms with Crippen LogP contribution in [-0.4, -0.2) is 35.1 Å². The molecular formula is C12H16N2O2S. The van der Waals surface area contributed by atoms with E-state index in [0.717, 1.165) is 23.6 Å². The summed E-state index contributed by atoms with van der Waals surface area (Å²) in [6.45, 7) is 2.66. The van der Waals surface area contributed by atoms with Crippen LogP contribution >= 0.6 is 11.8 Å². The van der Waals surface area contributed by atoms with Gasteiger partial charge >= 0.3 is 0 Å². The number of amides is 1. The molecule has 0 aromatic heterocycles. The van der Waals surface area contributed by atoms with Gasteiger partial charge in [-0.3, -0.25) is 4.79 Å². The van der Waals surface area contributed by atoms with E-state index in [-0.39, 0.29) is 17.7 Å². The first kappa shape index (κ1) is 12.3. The van der Waals surface area contributed by atoms with Crippen molar-refractivity contribution < 1.29 is 9.90 Å². The van der Waals surface area contributed by atoms with Crippen molar-refractivity contribution in [2.24, 2.45) is 0 Å². The van der Waals surface area contributed by atoms with Crippen molar-refractivity contribution in [3.8, 4) is 5.75 Å². The molecule has 1 aliphatic rings. The van der Waals surface area contributed by atoms with Crippen LogP contribution in [0, 0.1) is 6.92 Å². The Morgan fingerprint density at radius 2 is 2.41 bits per heavy atom. The second-order valence-electron chi connectivity index (χ2n) is 4.04. The number of hydrogen-bond acceptors (Lipinski definition) is 4. The van der Waals surface area contributed by atoms with E-state index in [0.29, 0.717) is 5.69 Å². The van der Waals surface area contributed by atoms with Gasteiger partial charge in [0.1, 0.15) is 5.75 Å². The molecule has 1 atom stereocenters. The Labute approximate surface area is 105 Å². The van der Waals surface area contributed by atoms with Gasteiger partial charge in [0.2, 0.25) is 5.91 Å². The van der Waals surface area contributed by atoms with Crippen LogP contribution in [0.1, 0.15) is 5.56 Å². The van der Waals surface area contributed by atoms with E-state index in [1.54, 1.807) is 30.8 Å². The zero-order chi connectivity index (χ0) is 12.3. The molecule has 0 saturated carbocycles. The van der Waals surface area contributed by atoms with Gasteiger partial charge in [-0.1, -0.05) is 12.1 Å². The lowest BCUT2D eigenvalue weighted by Gasteiger charge is -2.22. The summed E-state index contributed by atoms with van der Waals surface area (Å²) in [5.74, 6) is 1.88. The third-order valence-corrected chi connectivity index (χ3v) is 3.80. The van der Waals surface area contributed by atoms with Gasteiger partial charge in [0.15, 0.2) is 0 Å².